The molecule has 8 nitrogen and oxygen atoms in total. The Morgan fingerprint density at radius 2 is 1.70 bits per heavy atom. The molecule has 0 spiro atoms. The van der Waals surface area contributed by atoms with Gasteiger partial charge in [-0.05, 0) is 88.1 Å². The molecule has 3 N–H and O–H groups in total. The van der Waals surface area contributed by atoms with Gasteiger partial charge in [-0.3, -0.25) is 24.6 Å². The molecule has 2 aliphatic heterocycles. The average Bonchev–Trinajstić information content (AvgIpc) is 3.69. The summed E-state index contributed by atoms with van der Waals surface area (Å²) in [6.07, 6.45) is 21.9. The first-order chi connectivity index (χ1) is 23.0. The number of hydrogen-bond donors (Lipinski definition) is 3. The van der Waals surface area contributed by atoms with Crippen LogP contribution in [0, 0.1) is 11.8 Å². The van der Waals surface area contributed by atoms with Crippen LogP contribution in [0.1, 0.15) is 165 Å². The molecule has 47 heavy (non-hydrogen) atoms. The fourth-order valence-corrected chi connectivity index (χ4v) is 8.74. The van der Waals surface area contributed by atoms with Crippen molar-refractivity contribution >= 4 is 11.9 Å². The molecular formula is C39H64N4O4. The number of esters is 1. The standard InChI is InChI=1S/C39H64N4O4/c1-4-7-8-9-10-14-17-25-43-26-24-31(28-35(43)38(45)46-6-3)37(44)40-34-23-21-29-27-30(20-22-33(29)34)36-41-39(5-2,47-42-36)32-18-15-12-11-13-16-19-32/h20,22,27,31-32,34-36,41-42H,4-19,21,23-26,28H2,1-3H3,(H,40,44)/t31?,34-,35?,36?,39?/m1/s1. The summed E-state index contributed by atoms with van der Waals surface area (Å²) < 4.78 is 5.48. The summed E-state index contributed by atoms with van der Waals surface area (Å²) in [7, 11) is 0. The van der Waals surface area contributed by atoms with Gasteiger partial charge in [0.25, 0.3) is 0 Å². The van der Waals surface area contributed by atoms with Crippen molar-refractivity contribution in [1.82, 2.24) is 21.0 Å². The zero-order valence-electron chi connectivity index (χ0n) is 29.8. The van der Waals surface area contributed by atoms with Crippen molar-refractivity contribution in [2.45, 2.75) is 167 Å². The lowest BCUT2D eigenvalue weighted by Gasteiger charge is -2.37. The Hall–Kier alpha value is -2.00. The number of hydroxylamine groups is 1. The summed E-state index contributed by atoms with van der Waals surface area (Å²) >= 11 is 0. The maximum absolute atomic E-state index is 13.6. The van der Waals surface area contributed by atoms with E-state index in [0.717, 1.165) is 45.2 Å². The largest absolute Gasteiger partial charge is 0.465 e. The molecule has 3 fully saturated rings. The van der Waals surface area contributed by atoms with Gasteiger partial charge in [-0.15, -0.1) is 0 Å². The van der Waals surface area contributed by atoms with Crippen LogP contribution in [0.3, 0.4) is 0 Å². The number of amides is 1. The summed E-state index contributed by atoms with van der Waals surface area (Å²) in [5.74, 6) is 0.259. The molecule has 0 radical (unpaired) electrons. The van der Waals surface area contributed by atoms with Gasteiger partial charge >= 0.3 is 5.97 Å². The maximum atomic E-state index is 13.6. The first-order valence-corrected chi connectivity index (χ1v) is 19.5. The number of likely N-dealkylation sites (tertiary alicyclic amines) is 1. The number of benzene rings is 1. The van der Waals surface area contributed by atoms with Gasteiger partial charge < -0.3 is 10.1 Å². The predicted molar refractivity (Wildman–Crippen MR) is 187 cm³/mol. The highest BCUT2D eigenvalue weighted by molar-refractivity contribution is 5.82. The van der Waals surface area contributed by atoms with Gasteiger partial charge in [-0.25, -0.2) is 0 Å². The number of ether oxygens (including phenoxy) is 1. The van der Waals surface area contributed by atoms with E-state index in [1.165, 1.54) is 100 Å². The molecular weight excluding hydrogens is 588 g/mol. The Labute approximate surface area is 284 Å². The minimum absolute atomic E-state index is 0.0173. The summed E-state index contributed by atoms with van der Waals surface area (Å²) in [6, 6.07) is 6.40. The van der Waals surface area contributed by atoms with Crippen molar-refractivity contribution in [3.63, 3.8) is 0 Å². The van der Waals surface area contributed by atoms with Crippen LogP contribution in [-0.2, 0) is 25.6 Å². The molecule has 1 aromatic carbocycles. The summed E-state index contributed by atoms with van der Waals surface area (Å²) in [5, 5.41) is 7.26. The third-order valence-electron chi connectivity index (χ3n) is 11.6. The third kappa shape index (κ3) is 9.37. The fraction of sp³-hybridized carbons (Fsp3) is 0.795. The van der Waals surface area contributed by atoms with E-state index in [-0.39, 0.29) is 41.8 Å². The quantitative estimate of drug-likeness (QED) is 0.132. The van der Waals surface area contributed by atoms with E-state index in [4.69, 9.17) is 9.57 Å². The third-order valence-corrected chi connectivity index (χ3v) is 11.6. The maximum Gasteiger partial charge on any atom is 0.323 e. The van der Waals surface area contributed by atoms with E-state index in [2.05, 4.69) is 53.1 Å². The smallest absolute Gasteiger partial charge is 0.323 e. The number of carbonyl (C=O) groups excluding carboxylic acids is 2. The van der Waals surface area contributed by atoms with Crippen molar-refractivity contribution in [3.8, 4) is 0 Å². The number of hydrogen-bond acceptors (Lipinski definition) is 7. The van der Waals surface area contributed by atoms with E-state index in [1.54, 1.807) is 0 Å². The Morgan fingerprint density at radius 1 is 0.957 bits per heavy atom. The lowest BCUT2D eigenvalue weighted by Crippen LogP contribution is -2.51. The lowest BCUT2D eigenvalue weighted by molar-refractivity contribution is -0.152. The van der Waals surface area contributed by atoms with E-state index < -0.39 is 0 Å². The molecule has 0 aromatic heterocycles. The number of aryl methyl sites for hydroxylation is 1. The summed E-state index contributed by atoms with van der Waals surface area (Å²) in [6.45, 7) is 8.39. The molecule has 1 aromatic rings. The van der Waals surface area contributed by atoms with Gasteiger partial charge in [-0.1, -0.05) is 103 Å². The molecule has 5 atom stereocenters. The number of nitrogens with one attached hydrogen (secondary N) is 3. The number of unbranched alkanes of at least 4 members (excludes halogenated alkanes) is 6. The van der Waals surface area contributed by atoms with Crippen LogP contribution in [0.4, 0.5) is 0 Å². The Balaban J connectivity index is 1.15. The fourth-order valence-electron chi connectivity index (χ4n) is 8.74. The number of fused-ring (bicyclic) bond motifs is 1. The van der Waals surface area contributed by atoms with Crippen LogP contribution in [0.5, 0.6) is 0 Å². The van der Waals surface area contributed by atoms with Crippen LogP contribution in [0.2, 0.25) is 0 Å². The number of carbonyl (C=O) groups is 2. The van der Waals surface area contributed by atoms with Crippen LogP contribution in [0.15, 0.2) is 18.2 Å². The van der Waals surface area contributed by atoms with Crippen LogP contribution < -0.4 is 16.1 Å². The molecule has 4 unspecified atom stereocenters. The number of piperidine rings is 1. The predicted octanol–water partition coefficient (Wildman–Crippen LogP) is 7.77. The Morgan fingerprint density at radius 3 is 2.45 bits per heavy atom. The highest BCUT2D eigenvalue weighted by Gasteiger charge is 2.45. The minimum Gasteiger partial charge on any atom is -0.465 e. The molecule has 5 rings (SSSR count). The van der Waals surface area contributed by atoms with Crippen molar-refractivity contribution in [2.75, 3.05) is 19.7 Å². The van der Waals surface area contributed by atoms with E-state index in [1.807, 2.05) is 6.92 Å². The second-order valence-corrected chi connectivity index (χ2v) is 14.8. The molecule has 2 aliphatic carbocycles. The molecule has 8 heteroatoms. The first kappa shape index (κ1) is 36.3. The lowest BCUT2D eigenvalue weighted by atomic mass is 9.82. The molecule has 2 saturated heterocycles. The van der Waals surface area contributed by atoms with Crippen molar-refractivity contribution in [1.29, 1.82) is 0 Å². The molecule has 4 aliphatic rings. The highest BCUT2D eigenvalue weighted by atomic mass is 16.7. The molecule has 264 valence electrons. The van der Waals surface area contributed by atoms with Gasteiger partial charge in [0.15, 0.2) is 0 Å². The van der Waals surface area contributed by atoms with Crippen LogP contribution in [-0.4, -0.2) is 48.2 Å². The normalized spacial score (nSPS) is 28.8. The van der Waals surface area contributed by atoms with E-state index in [0.29, 0.717) is 18.9 Å². The summed E-state index contributed by atoms with van der Waals surface area (Å²) in [5.41, 5.74) is 6.77. The zero-order chi connectivity index (χ0) is 33.1. The Kier molecular flexibility index (Phi) is 14.0. The van der Waals surface area contributed by atoms with Gasteiger partial charge in [0.1, 0.15) is 17.9 Å². The SMILES string of the molecule is CCCCCCCCCN1CCC(C(=O)N[C@@H]2CCc3cc(C4NOC(CC)(C5CCCCCCC5)N4)ccc32)CC1C(=O)OCC. The van der Waals surface area contributed by atoms with Crippen molar-refractivity contribution in [2.24, 2.45) is 11.8 Å². The number of nitrogens with zero attached hydrogens (tertiary/aromatic N) is 1. The van der Waals surface area contributed by atoms with Crippen LogP contribution >= 0.6 is 0 Å². The second-order valence-electron chi connectivity index (χ2n) is 14.8. The van der Waals surface area contributed by atoms with Gasteiger partial charge in [-0.2, -0.15) is 5.48 Å². The second kappa shape index (κ2) is 18.1. The zero-order valence-corrected chi connectivity index (χ0v) is 29.8. The Bertz CT molecular complexity index is 1140. The average molecular weight is 653 g/mol. The molecule has 2 heterocycles. The van der Waals surface area contributed by atoms with E-state index in [9.17, 15) is 9.59 Å². The number of rotatable bonds is 15. The molecule has 1 saturated carbocycles. The highest BCUT2D eigenvalue weighted by Crippen LogP contribution is 2.40. The van der Waals surface area contributed by atoms with Gasteiger partial charge in [0.05, 0.1) is 12.6 Å². The monoisotopic (exact) mass is 652 g/mol. The van der Waals surface area contributed by atoms with Gasteiger partial charge in [0, 0.05) is 11.8 Å². The van der Waals surface area contributed by atoms with Crippen molar-refractivity contribution in [3.05, 3.63) is 34.9 Å². The van der Waals surface area contributed by atoms with Gasteiger partial charge in [0.2, 0.25) is 5.91 Å². The topological polar surface area (TPSA) is 91.9 Å². The first-order valence-electron chi connectivity index (χ1n) is 19.5. The molecule has 1 amide bonds. The summed E-state index contributed by atoms with van der Waals surface area (Å²) in [4.78, 5) is 35.3. The minimum atomic E-state index is -0.329. The van der Waals surface area contributed by atoms with Crippen molar-refractivity contribution < 1.29 is 19.2 Å². The molecule has 0 bridgehead atoms. The van der Waals surface area contributed by atoms with E-state index >= 15 is 0 Å². The van der Waals surface area contributed by atoms with Crippen LogP contribution in [0.25, 0.3) is 0 Å².